The third-order valence-electron chi connectivity index (χ3n) is 11.5. The van der Waals surface area contributed by atoms with E-state index in [-0.39, 0.29) is 13.1 Å². The molecule has 64 heavy (non-hydrogen) atoms. The third kappa shape index (κ3) is 11.8. The normalized spacial score (nSPS) is 21.2. The molecule has 2 unspecified atom stereocenters. The first kappa shape index (κ1) is 46.8. The van der Waals surface area contributed by atoms with Crippen LogP contribution in [0.15, 0.2) is 107 Å². The highest BCUT2D eigenvalue weighted by molar-refractivity contribution is 8.00. The summed E-state index contributed by atoms with van der Waals surface area (Å²) in [5.41, 5.74) is 5.47. The SMILES string of the molecule is O=C(/C=C/C(=O)OC1(SCCCN2CCCC2)CN=C(c2ccccc2Cl)c2cc(Cl)ccc2N1)OC1(SCCCN2CCCC2)CN=C(c2ccccc2Cl)c2cc(Cl)ccc2N1. The summed E-state index contributed by atoms with van der Waals surface area (Å²) in [4.78, 5) is 43.0. The van der Waals surface area contributed by atoms with Gasteiger partial charge < -0.3 is 29.9 Å². The van der Waals surface area contributed by atoms with Gasteiger partial charge in [-0.1, -0.05) is 106 Å². The van der Waals surface area contributed by atoms with Gasteiger partial charge >= 0.3 is 11.9 Å². The number of anilines is 2. The number of hydrogen-bond donors (Lipinski definition) is 2. The fourth-order valence-electron chi connectivity index (χ4n) is 8.37. The van der Waals surface area contributed by atoms with Crippen molar-refractivity contribution in [1.29, 1.82) is 0 Å². The number of fused-ring (bicyclic) bond motifs is 2. The first-order valence-corrected chi connectivity index (χ1v) is 25.2. The molecule has 0 bridgehead atoms. The number of esters is 2. The Morgan fingerprint density at radius 1 is 0.594 bits per heavy atom. The molecule has 0 spiro atoms. The number of carbonyl (C=O) groups excluding carboxylic acids is 2. The van der Waals surface area contributed by atoms with Crippen LogP contribution in [0, 0.1) is 0 Å². The van der Waals surface area contributed by atoms with Crippen LogP contribution in [0.5, 0.6) is 0 Å². The minimum atomic E-state index is -1.34. The monoisotopic (exact) mass is 978 g/mol. The molecule has 4 aliphatic rings. The van der Waals surface area contributed by atoms with Gasteiger partial charge in [-0.3, -0.25) is 9.98 Å². The standard InChI is InChI=1S/C48H50Cl4N6O4S2/c49-33-15-17-41-37(29-33)45(35-11-1-3-13-39(35)51)53-31-47(55-41,63-27-9-25-57-21-5-6-22-57)61-43(59)19-20-44(60)62-48(64-28-10-26-58-23-7-8-24-58)32-54-46(36-12-2-4-14-40(36)52)38-30-34(50)16-18-42(38)56-48/h1-4,11-20,29-30,55-56H,5-10,21-28,31-32H2/b20-19+. The van der Waals surface area contributed by atoms with Gasteiger partial charge in [0.05, 0.1) is 11.4 Å². The van der Waals surface area contributed by atoms with Crippen LogP contribution in [-0.4, -0.2) is 107 Å². The fourth-order valence-corrected chi connectivity index (χ4v) is 11.3. The minimum absolute atomic E-state index is 0.0502. The molecule has 4 heterocycles. The number of hydrogen-bond acceptors (Lipinski definition) is 12. The van der Waals surface area contributed by atoms with Crippen LogP contribution in [0.4, 0.5) is 11.4 Å². The number of nitrogens with zero attached hydrogens (tertiary/aromatic N) is 4. The van der Waals surface area contributed by atoms with Crippen molar-refractivity contribution in [3.8, 4) is 0 Å². The van der Waals surface area contributed by atoms with Gasteiger partial charge in [0.15, 0.2) is 0 Å². The van der Waals surface area contributed by atoms with Gasteiger partial charge in [-0.15, -0.1) is 0 Å². The topological polar surface area (TPSA) is 108 Å². The van der Waals surface area contributed by atoms with Crippen molar-refractivity contribution in [3.05, 3.63) is 139 Å². The smallest absolute Gasteiger partial charge is 0.333 e. The van der Waals surface area contributed by atoms with Crippen molar-refractivity contribution >= 4 is 105 Å². The van der Waals surface area contributed by atoms with Crippen LogP contribution in [-0.2, 0) is 19.1 Å². The van der Waals surface area contributed by atoms with Crippen molar-refractivity contribution in [2.45, 2.75) is 48.6 Å². The van der Waals surface area contributed by atoms with E-state index in [0.717, 1.165) is 86.5 Å². The Balaban J connectivity index is 1.05. The van der Waals surface area contributed by atoms with Crippen LogP contribution in [0.2, 0.25) is 20.1 Å². The van der Waals surface area contributed by atoms with Crippen LogP contribution in [0.25, 0.3) is 0 Å². The lowest BCUT2D eigenvalue weighted by atomic mass is 10.0. The second-order valence-electron chi connectivity index (χ2n) is 16.1. The molecule has 4 aromatic carbocycles. The molecule has 10 nitrogen and oxygen atoms in total. The Morgan fingerprint density at radius 3 is 1.41 bits per heavy atom. The van der Waals surface area contributed by atoms with Gasteiger partial charge in [0, 0.05) is 77.4 Å². The van der Waals surface area contributed by atoms with Crippen LogP contribution < -0.4 is 10.6 Å². The number of carbonyl (C=O) groups is 2. The number of benzene rings is 4. The maximum atomic E-state index is 14.0. The number of likely N-dealkylation sites (tertiary alicyclic amines) is 2. The molecular weight excluding hydrogens is 931 g/mol. The number of ether oxygens (including phenoxy) is 2. The Morgan fingerprint density at radius 2 is 1.00 bits per heavy atom. The lowest BCUT2D eigenvalue weighted by Crippen LogP contribution is -2.43. The summed E-state index contributed by atoms with van der Waals surface area (Å²) >= 11 is 29.5. The summed E-state index contributed by atoms with van der Waals surface area (Å²) in [6.45, 7) is 6.34. The van der Waals surface area contributed by atoms with E-state index in [1.807, 2.05) is 72.8 Å². The average molecular weight is 981 g/mol. The largest absolute Gasteiger partial charge is 0.424 e. The maximum Gasteiger partial charge on any atom is 0.333 e. The molecule has 0 aromatic heterocycles. The van der Waals surface area contributed by atoms with E-state index >= 15 is 0 Å². The quantitative estimate of drug-likeness (QED) is 0.0488. The average Bonchev–Trinajstić information content (AvgIpc) is 3.96. The molecule has 2 saturated heterocycles. The summed E-state index contributed by atoms with van der Waals surface area (Å²) in [7, 11) is 0. The summed E-state index contributed by atoms with van der Waals surface area (Å²) < 4.78 is 12.7. The second kappa shape index (κ2) is 21.7. The molecule has 16 heteroatoms. The summed E-state index contributed by atoms with van der Waals surface area (Å²) in [6.07, 6.45) is 8.80. The van der Waals surface area contributed by atoms with Gasteiger partial charge in [-0.05, 0) is 126 Å². The lowest BCUT2D eigenvalue weighted by molar-refractivity contribution is -0.146. The summed E-state index contributed by atoms with van der Waals surface area (Å²) in [5, 5.41) is 6.45. The molecule has 0 amide bonds. The Hall–Kier alpha value is -3.72. The van der Waals surface area contributed by atoms with E-state index in [9.17, 15) is 9.59 Å². The second-order valence-corrected chi connectivity index (χ2v) is 20.5. The number of rotatable bonds is 16. The summed E-state index contributed by atoms with van der Waals surface area (Å²) in [6, 6.07) is 25.9. The van der Waals surface area contributed by atoms with Crippen LogP contribution in [0.3, 0.4) is 0 Å². The molecule has 2 N–H and O–H groups in total. The van der Waals surface area contributed by atoms with E-state index < -0.39 is 22.1 Å². The van der Waals surface area contributed by atoms with Gasteiger partial charge in [0.25, 0.3) is 10.1 Å². The molecule has 0 saturated carbocycles. The molecule has 4 aliphatic heterocycles. The van der Waals surface area contributed by atoms with Crippen LogP contribution in [0.1, 0.15) is 60.8 Å². The van der Waals surface area contributed by atoms with Gasteiger partial charge in [-0.25, -0.2) is 9.59 Å². The van der Waals surface area contributed by atoms with E-state index in [0.29, 0.717) is 54.4 Å². The highest BCUT2D eigenvalue weighted by atomic mass is 35.5. The maximum absolute atomic E-state index is 14.0. The Bertz CT molecular complexity index is 2260. The van der Waals surface area contributed by atoms with Gasteiger partial charge in [0.1, 0.15) is 13.1 Å². The first-order chi connectivity index (χ1) is 31.1. The third-order valence-corrected chi connectivity index (χ3v) is 15.1. The fraction of sp³-hybridized carbons (Fsp3) is 0.375. The lowest BCUT2D eigenvalue weighted by Gasteiger charge is -2.33. The number of nitrogens with one attached hydrogen (secondary N) is 2. The minimum Gasteiger partial charge on any atom is -0.424 e. The molecule has 336 valence electrons. The van der Waals surface area contributed by atoms with Crippen molar-refractivity contribution in [3.63, 3.8) is 0 Å². The highest BCUT2D eigenvalue weighted by Crippen LogP contribution is 2.40. The van der Waals surface area contributed by atoms with Crippen molar-refractivity contribution in [2.75, 3.05) is 74.5 Å². The van der Waals surface area contributed by atoms with Crippen molar-refractivity contribution in [2.24, 2.45) is 9.98 Å². The Kier molecular flexibility index (Phi) is 15.9. The molecule has 0 radical (unpaired) electrons. The van der Waals surface area contributed by atoms with Crippen molar-refractivity contribution in [1.82, 2.24) is 9.80 Å². The van der Waals surface area contributed by atoms with Gasteiger partial charge in [-0.2, -0.15) is 0 Å². The van der Waals surface area contributed by atoms with E-state index in [1.54, 1.807) is 12.1 Å². The zero-order valence-electron chi connectivity index (χ0n) is 35.3. The first-order valence-electron chi connectivity index (χ1n) is 21.7. The predicted octanol–water partition coefficient (Wildman–Crippen LogP) is 10.9. The number of thioether (sulfide) groups is 2. The number of benzodiazepines with no additional fused rings is 2. The van der Waals surface area contributed by atoms with Crippen molar-refractivity contribution < 1.29 is 19.1 Å². The predicted molar refractivity (Wildman–Crippen MR) is 266 cm³/mol. The Labute approximate surface area is 403 Å². The number of halogens is 4. The molecular formula is C48H50Cl4N6O4S2. The molecule has 2 atom stereocenters. The molecule has 0 aliphatic carbocycles. The van der Waals surface area contributed by atoms with E-state index in [4.69, 9.17) is 65.9 Å². The molecule has 8 rings (SSSR count). The zero-order chi connectivity index (χ0) is 44.5. The van der Waals surface area contributed by atoms with E-state index in [2.05, 4.69) is 20.4 Å². The van der Waals surface area contributed by atoms with Gasteiger partial charge in [0.2, 0.25) is 0 Å². The molecule has 2 fully saturated rings. The van der Waals surface area contributed by atoms with Crippen LogP contribution >= 0.6 is 69.9 Å². The highest BCUT2D eigenvalue weighted by Gasteiger charge is 2.40. The van der Waals surface area contributed by atoms with E-state index in [1.165, 1.54) is 49.2 Å². The zero-order valence-corrected chi connectivity index (χ0v) is 40.0. The number of aliphatic imine (C=N–C) groups is 2. The molecule has 4 aromatic rings. The summed E-state index contributed by atoms with van der Waals surface area (Å²) in [5.74, 6) is -0.142.